The Labute approximate surface area is 68.7 Å². The fourth-order valence-corrected chi connectivity index (χ4v) is 0.574. The highest BCUT2D eigenvalue weighted by Crippen LogP contribution is 1.94. The Morgan fingerprint density at radius 1 is 1.58 bits per heavy atom. The zero-order valence-electron chi connectivity index (χ0n) is 6.30. The van der Waals surface area contributed by atoms with Gasteiger partial charge in [0.2, 0.25) is 0 Å². The van der Waals surface area contributed by atoms with Crippen molar-refractivity contribution in [3.63, 3.8) is 0 Å². The molecule has 0 aliphatic carbocycles. The molecule has 68 valence electrons. The maximum atomic E-state index is 10.7. The first kappa shape index (κ1) is 10.6. The Bertz CT molecular complexity index is 202. The summed E-state index contributed by atoms with van der Waals surface area (Å²) in [5, 5.41) is 18.6. The van der Waals surface area contributed by atoms with Crippen LogP contribution in [0.5, 0.6) is 0 Å². The van der Waals surface area contributed by atoms with E-state index in [2.05, 4.69) is 5.16 Å². The molecule has 0 heterocycles. The summed E-state index contributed by atoms with van der Waals surface area (Å²) in [6.07, 6.45) is 0.527. The monoisotopic (exact) mass is 174 g/mol. The van der Waals surface area contributed by atoms with Crippen molar-refractivity contribution in [2.45, 2.75) is 18.9 Å². The van der Waals surface area contributed by atoms with Crippen LogP contribution in [0, 0.1) is 0 Å². The molecule has 0 amide bonds. The van der Waals surface area contributed by atoms with Gasteiger partial charge < -0.3 is 16.0 Å². The molecule has 0 saturated heterocycles. The number of rotatable bonds is 5. The molecule has 0 aromatic rings. The number of hydrogen-bond donors (Lipinski definition) is 3. The maximum absolute atomic E-state index is 10.7. The number of carbonyl (C=O) groups excluding carboxylic acids is 1. The van der Waals surface area contributed by atoms with Crippen LogP contribution in [0.2, 0.25) is 0 Å². The van der Waals surface area contributed by atoms with E-state index in [-0.39, 0.29) is 12.8 Å². The zero-order chi connectivity index (χ0) is 9.56. The highest BCUT2D eigenvalue weighted by atomic mass is 16.4. The lowest BCUT2D eigenvalue weighted by molar-refractivity contribution is -0.137. The van der Waals surface area contributed by atoms with Gasteiger partial charge in [0.25, 0.3) is 0 Å². The average Bonchev–Trinajstić information content (AvgIpc) is 2.00. The lowest BCUT2D eigenvalue weighted by atomic mass is 10.1. The van der Waals surface area contributed by atoms with E-state index >= 15 is 0 Å². The quantitative estimate of drug-likeness (QED) is 0.287. The summed E-state index contributed by atoms with van der Waals surface area (Å²) in [4.78, 5) is 20.8. The van der Waals surface area contributed by atoms with Gasteiger partial charge in [0.15, 0.2) is 5.78 Å². The van der Waals surface area contributed by atoms with E-state index in [0.29, 0.717) is 6.21 Å². The summed E-state index contributed by atoms with van der Waals surface area (Å²) in [5.41, 5.74) is 5.24. The first-order valence-corrected chi connectivity index (χ1v) is 3.26. The minimum Gasteiger partial charge on any atom is -0.481 e. The molecule has 0 aliphatic heterocycles. The number of nitrogens with zero attached hydrogens (tertiary/aromatic N) is 1. The van der Waals surface area contributed by atoms with Crippen LogP contribution in [0.4, 0.5) is 0 Å². The summed E-state index contributed by atoms with van der Waals surface area (Å²) in [7, 11) is 0. The summed E-state index contributed by atoms with van der Waals surface area (Å²) in [6, 6.07) is -0.906. The van der Waals surface area contributed by atoms with Crippen LogP contribution in [0.15, 0.2) is 5.16 Å². The number of carboxylic acids is 1. The first-order chi connectivity index (χ1) is 5.57. The minimum absolute atomic E-state index is 0.0419. The molecule has 0 aliphatic rings. The molecule has 0 aromatic carbocycles. The van der Waals surface area contributed by atoms with Crippen LogP contribution >= 0.6 is 0 Å². The molecule has 0 bridgehead atoms. The van der Waals surface area contributed by atoms with Gasteiger partial charge in [-0.2, -0.15) is 0 Å². The fourth-order valence-electron chi connectivity index (χ4n) is 0.574. The second-order valence-corrected chi connectivity index (χ2v) is 2.19. The maximum Gasteiger partial charge on any atom is 0.303 e. The molecule has 12 heavy (non-hydrogen) atoms. The number of Topliss-reactive ketones (excluding diaryl/α,β-unsaturated/α-hetero) is 1. The smallest absolute Gasteiger partial charge is 0.303 e. The molecule has 0 saturated carbocycles. The van der Waals surface area contributed by atoms with E-state index in [9.17, 15) is 9.59 Å². The standard InChI is InChI=1S/C6H10N2O4/c7-4(1-2-6(10)11)5(9)3-8-12/h3-4,12H,1-2,7H2,(H,10,11). The topological polar surface area (TPSA) is 113 Å². The van der Waals surface area contributed by atoms with Gasteiger partial charge in [0.1, 0.15) is 6.21 Å². The molecule has 1 atom stereocenters. The molecule has 6 heteroatoms. The predicted octanol–water partition coefficient (Wildman–Crippen LogP) is -0.792. The third kappa shape index (κ3) is 4.40. The van der Waals surface area contributed by atoms with Gasteiger partial charge >= 0.3 is 5.97 Å². The molecular formula is C6H10N2O4. The summed E-state index contributed by atoms with van der Waals surface area (Å²) in [6.45, 7) is 0. The van der Waals surface area contributed by atoms with Gasteiger partial charge in [0.05, 0.1) is 6.04 Å². The third-order valence-electron chi connectivity index (χ3n) is 1.22. The number of oxime groups is 1. The summed E-state index contributed by atoms with van der Waals surface area (Å²) < 4.78 is 0. The van der Waals surface area contributed by atoms with Crippen molar-refractivity contribution in [3.05, 3.63) is 0 Å². The van der Waals surface area contributed by atoms with Crippen LogP contribution in [0.3, 0.4) is 0 Å². The minimum atomic E-state index is -1.01. The number of carboxylic acid groups (broad SMARTS) is 1. The lowest BCUT2D eigenvalue weighted by Crippen LogP contribution is -2.31. The largest absolute Gasteiger partial charge is 0.481 e. The highest BCUT2D eigenvalue weighted by molar-refractivity contribution is 6.29. The SMILES string of the molecule is NC(CCC(=O)O)C(=O)C=NO. The summed E-state index contributed by atoms with van der Waals surface area (Å²) in [5.74, 6) is -1.60. The third-order valence-corrected chi connectivity index (χ3v) is 1.22. The Balaban J connectivity index is 3.79. The number of nitrogens with two attached hydrogens (primary N) is 1. The predicted molar refractivity (Wildman–Crippen MR) is 40.1 cm³/mol. The van der Waals surface area contributed by atoms with Crippen molar-refractivity contribution < 1.29 is 19.9 Å². The van der Waals surface area contributed by atoms with Gasteiger partial charge in [-0.15, -0.1) is 0 Å². The number of ketones is 1. The molecule has 0 spiro atoms. The number of hydrogen-bond acceptors (Lipinski definition) is 5. The molecule has 4 N–H and O–H groups in total. The van der Waals surface area contributed by atoms with Gasteiger partial charge in [0, 0.05) is 6.42 Å². The van der Waals surface area contributed by atoms with E-state index < -0.39 is 17.8 Å². The van der Waals surface area contributed by atoms with Crippen LogP contribution < -0.4 is 5.73 Å². The van der Waals surface area contributed by atoms with E-state index in [1.54, 1.807) is 0 Å². The lowest BCUT2D eigenvalue weighted by Gasteiger charge is -2.03. The molecular weight excluding hydrogens is 164 g/mol. The number of carbonyl (C=O) groups is 2. The van der Waals surface area contributed by atoms with Crippen LogP contribution in [-0.2, 0) is 9.59 Å². The molecule has 0 radical (unpaired) electrons. The van der Waals surface area contributed by atoms with Crippen molar-refractivity contribution in [2.75, 3.05) is 0 Å². The molecule has 6 nitrogen and oxygen atoms in total. The van der Waals surface area contributed by atoms with Crippen LogP contribution in [-0.4, -0.2) is 34.3 Å². The van der Waals surface area contributed by atoms with Gasteiger partial charge in [-0.05, 0) is 6.42 Å². The molecule has 0 rings (SSSR count). The van der Waals surface area contributed by atoms with Crippen molar-refractivity contribution in [1.29, 1.82) is 0 Å². The highest BCUT2D eigenvalue weighted by Gasteiger charge is 2.12. The van der Waals surface area contributed by atoms with Crippen LogP contribution in [0.1, 0.15) is 12.8 Å². The Hall–Kier alpha value is -1.43. The van der Waals surface area contributed by atoms with E-state index in [1.807, 2.05) is 0 Å². The van der Waals surface area contributed by atoms with Crippen LogP contribution in [0.25, 0.3) is 0 Å². The average molecular weight is 174 g/mol. The normalized spacial score (nSPS) is 13.1. The molecule has 0 fully saturated rings. The molecule has 1 unspecified atom stereocenters. The second kappa shape index (κ2) is 5.25. The second-order valence-electron chi connectivity index (χ2n) is 2.19. The van der Waals surface area contributed by atoms with Gasteiger partial charge in [-0.1, -0.05) is 5.16 Å². The Morgan fingerprint density at radius 2 is 2.17 bits per heavy atom. The van der Waals surface area contributed by atoms with E-state index in [0.717, 1.165) is 0 Å². The van der Waals surface area contributed by atoms with Crippen molar-refractivity contribution >= 4 is 18.0 Å². The van der Waals surface area contributed by atoms with Gasteiger partial charge in [-0.25, -0.2) is 0 Å². The molecule has 0 aromatic heterocycles. The van der Waals surface area contributed by atoms with Crippen molar-refractivity contribution in [1.82, 2.24) is 0 Å². The number of aliphatic carboxylic acids is 1. The first-order valence-electron chi connectivity index (χ1n) is 3.26. The Kier molecular flexibility index (Phi) is 4.62. The Morgan fingerprint density at radius 3 is 2.58 bits per heavy atom. The zero-order valence-corrected chi connectivity index (χ0v) is 6.30. The van der Waals surface area contributed by atoms with Crippen molar-refractivity contribution in [3.8, 4) is 0 Å². The van der Waals surface area contributed by atoms with E-state index in [4.69, 9.17) is 16.0 Å². The fraction of sp³-hybridized carbons (Fsp3) is 0.500. The van der Waals surface area contributed by atoms with Crippen molar-refractivity contribution in [2.24, 2.45) is 10.9 Å². The van der Waals surface area contributed by atoms with E-state index in [1.165, 1.54) is 0 Å². The van der Waals surface area contributed by atoms with Gasteiger partial charge in [-0.3, -0.25) is 9.59 Å². The summed E-state index contributed by atoms with van der Waals surface area (Å²) >= 11 is 0.